The standard InChI is InChI=1S/C30H31NO5/c1-17-10-18(2)12-21(11-17)31-28(32)13-19(3)23-15-25-26(16-36-30(25)20(4)29(23)35-7)24-14-22(33-5)8-9-27(24)34-6/h8-16H,1-7H3,(H,31,32)/b19-13+. The zero-order valence-electron chi connectivity index (χ0n) is 21.7. The SMILES string of the molecule is COc1ccc(OC)c(-c2coc3c(C)c(OC)c(/C(C)=C/C(=O)Nc4cc(C)cc(C)c4)cc23)c1. The smallest absolute Gasteiger partial charge is 0.248 e. The molecule has 1 N–H and O–H groups in total. The van der Waals surface area contributed by atoms with Crippen LogP contribution in [0.5, 0.6) is 17.2 Å². The van der Waals surface area contributed by atoms with E-state index in [0.29, 0.717) is 22.8 Å². The van der Waals surface area contributed by atoms with Crippen molar-refractivity contribution in [3.8, 4) is 28.4 Å². The fraction of sp³-hybridized carbons (Fsp3) is 0.233. The Morgan fingerprint density at radius 1 is 0.889 bits per heavy atom. The molecule has 0 aliphatic carbocycles. The van der Waals surface area contributed by atoms with Crippen molar-refractivity contribution in [3.63, 3.8) is 0 Å². The second-order valence-electron chi connectivity index (χ2n) is 8.87. The van der Waals surface area contributed by atoms with Gasteiger partial charge >= 0.3 is 0 Å². The van der Waals surface area contributed by atoms with Gasteiger partial charge in [-0.05, 0) is 80.8 Å². The molecule has 3 aromatic carbocycles. The number of hydrogen-bond acceptors (Lipinski definition) is 5. The number of anilines is 1. The van der Waals surface area contributed by atoms with Crippen molar-refractivity contribution in [1.82, 2.24) is 0 Å². The minimum atomic E-state index is -0.209. The van der Waals surface area contributed by atoms with E-state index in [-0.39, 0.29) is 5.91 Å². The number of hydrogen-bond donors (Lipinski definition) is 1. The number of rotatable bonds is 7. The summed E-state index contributed by atoms with van der Waals surface area (Å²) in [6, 6.07) is 13.6. The van der Waals surface area contributed by atoms with Gasteiger partial charge in [-0.25, -0.2) is 0 Å². The van der Waals surface area contributed by atoms with Gasteiger partial charge in [0, 0.05) is 39.4 Å². The van der Waals surface area contributed by atoms with E-state index < -0.39 is 0 Å². The fourth-order valence-electron chi connectivity index (χ4n) is 4.60. The second kappa shape index (κ2) is 10.2. The van der Waals surface area contributed by atoms with Gasteiger partial charge in [0.2, 0.25) is 5.91 Å². The molecule has 6 nitrogen and oxygen atoms in total. The first-order valence-electron chi connectivity index (χ1n) is 11.6. The third-order valence-electron chi connectivity index (χ3n) is 6.21. The number of fused-ring (bicyclic) bond motifs is 1. The van der Waals surface area contributed by atoms with Crippen LogP contribution in [0.2, 0.25) is 0 Å². The Labute approximate surface area is 211 Å². The minimum Gasteiger partial charge on any atom is -0.497 e. The zero-order valence-corrected chi connectivity index (χ0v) is 21.7. The number of amides is 1. The number of methoxy groups -OCH3 is 3. The van der Waals surface area contributed by atoms with Crippen molar-refractivity contribution in [3.05, 3.63) is 77.1 Å². The number of ether oxygens (including phenoxy) is 3. The van der Waals surface area contributed by atoms with Crippen LogP contribution in [-0.4, -0.2) is 27.2 Å². The Bertz CT molecular complexity index is 1460. The van der Waals surface area contributed by atoms with E-state index in [1.54, 1.807) is 33.7 Å². The third kappa shape index (κ3) is 4.80. The minimum absolute atomic E-state index is 0.209. The molecule has 0 spiro atoms. The molecule has 36 heavy (non-hydrogen) atoms. The van der Waals surface area contributed by atoms with Crippen LogP contribution in [-0.2, 0) is 4.79 Å². The molecule has 1 aromatic heterocycles. The molecular formula is C30H31NO5. The molecule has 0 saturated carbocycles. The Morgan fingerprint density at radius 2 is 1.61 bits per heavy atom. The van der Waals surface area contributed by atoms with Crippen LogP contribution in [0.3, 0.4) is 0 Å². The molecule has 0 bridgehead atoms. The Hall–Kier alpha value is -4.19. The molecule has 0 unspecified atom stereocenters. The van der Waals surface area contributed by atoms with Crippen molar-refractivity contribution in [2.45, 2.75) is 27.7 Å². The number of benzene rings is 3. The highest BCUT2D eigenvalue weighted by molar-refractivity contribution is 6.06. The van der Waals surface area contributed by atoms with E-state index >= 15 is 0 Å². The number of allylic oxidation sites excluding steroid dienone is 1. The third-order valence-corrected chi connectivity index (χ3v) is 6.21. The molecule has 0 atom stereocenters. The first-order valence-corrected chi connectivity index (χ1v) is 11.6. The summed E-state index contributed by atoms with van der Waals surface area (Å²) >= 11 is 0. The number of carbonyl (C=O) groups excluding carboxylic acids is 1. The molecule has 0 aliphatic rings. The highest BCUT2D eigenvalue weighted by Gasteiger charge is 2.21. The predicted octanol–water partition coefficient (Wildman–Crippen LogP) is 7.09. The number of aryl methyl sites for hydroxylation is 3. The van der Waals surface area contributed by atoms with Crippen molar-refractivity contribution >= 4 is 28.1 Å². The lowest BCUT2D eigenvalue weighted by Gasteiger charge is -2.14. The molecular weight excluding hydrogens is 454 g/mol. The summed E-state index contributed by atoms with van der Waals surface area (Å²) in [5.41, 5.74) is 7.79. The molecule has 0 aliphatic heterocycles. The van der Waals surface area contributed by atoms with Crippen LogP contribution in [0.4, 0.5) is 5.69 Å². The molecule has 1 heterocycles. The average Bonchev–Trinajstić information content (AvgIpc) is 3.27. The van der Waals surface area contributed by atoms with Crippen molar-refractivity contribution in [2.24, 2.45) is 0 Å². The van der Waals surface area contributed by atoms with Gasteiger partial charge in [-0.2, -0.15) is 0 Å². The van der Waals surface area contributed by atoms with E-state index in [1.165, 1.54) is 0 Å². The summed E-state index contributed by atoms with van der Waals surface area (Å²) in [6.07, 6.45) is 3.30. The lowest BCUT2D eigenvalue weighted by molar-refractivity contribution is -0.111. The molecule has 0 fully saturated rings. The maximum Gasteiger partial charge on any atom is 0.248 e. The monoisotopic (exact) mass is 485 g/mol. The van der Waals surface area contributed by atoms with Crippen LogP contribution < -0.4 is 19.5 Å². The predicted molar refractivity (Wildman–Crippen MR) is 144 cm³/mol. The van der Waals surface area contributed by atoms with E-state index in [4.69, 9.17) is 18.6 Å². The average molecular weight is 486 g/mol. The van der Waals surface area contributed by atoms with Crippen LogP contribution in [0.25, 0.3) is 27.7 Å². The summed E-state index contributed by atoms with van der Waals surface area (Å²) in [5.74, 6) is 1.87. The molecule has 186 valence electrons. The van der Waals surface area contributed by atoms with Gasteiger partial charge in [0.15, 0.2) is 0 Å². The van der Waals surface area contributed by atoms with E-state index in [9.17, 15) is 4.79 Å². The van der Waals surface area contributed by atoms with Gasteiger partial charge in [-0.1, -0.05) is 6.07 Å². The van der Waals surface area contributed by atoms with Crippen molar-refractivity contribution in [2.75, 3.05) is 26.6 Å². The lowest BCUT2D eigenvalue weighted by Crippen LogP contribution is -2.09. The first kappa shape index (κ1) is 24.9. The van der Waals surface area contributed by atoms with E-state index in [1.807, 2.05) is 64.1 Å². The van der Waals surface area contributed by atoms with Gasteiger partial charge < -0.3 is 23.9 Å². The molecule has 4 aromatic rings. The normalized spacial score (nSPS) is 11.5. The summed E-state index contributed by atoms with van der Waals surface area (Å²) in [6.45, 7) is 7.86. The molecule has 0 radical (unpaired) electrons. The zero-order chi connectivity index (χ0) is 26.0. The van der Waals surface area contributed by atoms with Crippen molar-refractivity contribution in [1.29, 1.82) is 0 Å². The lowest BCUT2D eigenvalue weighted by atomic mass is 9.96. The van der Waals surface area contributed by atoms with Crippen LogP contribution in [0.1, 0.15) is 29.2 Å². The quantitative estimate of drug-likeness (QED) is 0.283. The molecule has 6 heteroatoms. The van der Waals surface area contributed by atoms with Crippen LogP contribution in [0, 0.1) is 20.8 Å². The number of carbonyl (C=O) groups is 1. The number of nitrogens with one attached hydrogen (secondary N) is 1. The molecule has 1 amide bonds. The first-order chi connectivity index (χ1) is 17.2. The van der Waals surface area contributed by atoms with E-state index in [0.717, 1.165) is 50.0 Å². The van der Waals surface area contributed by atoms with Gasteiger partial charge in [0.25, 0.3) is 0 Å². The summed E-state index contributed by atoms with van der Waals surface area (Å²) in [5, 5.41) is 3.85. The largest absolute Gasteiger partial charge is 0.497 e. The maximum absolute atomic E-state index is 12.9. The Morgan fingerprint density at radius 3 is 2.25 bits per heavy atom. The number of furan rings is 1. The highest BCUT2D eigenvalue weighted by Crippen LogP contribution is 2.43. The van der Waals surface area contributed by atoms with Gasteiger partial charge in [-0.3, -0.25) is 4.79 Å². The van der Waals surface area contributed by atoms with Crippen LogP contribution >= 0.6 is 0 Å². The fourth-order valence-corrected chi connectivity index (χ4v) is 4.60. The maximum atomic E-state index is 12.9. The van der Waals surface area contributed by atoms with Crippen molar-refractivity contribution < 1.29 is 23.4 Å². The summed E-state index contributed by atoms with van der Waals surface area (Å²) in [4.78, 5) is 12.9. The van der Waals surface area contributed by atoms with Gasteiger partial charge in [0.05, 0.1) is 27.6 Å². The van der Waals surface area contributed by atoms with Gasteiger partial charge in [0.1, 0.15) is 22.8 Å². The topological polar surface area (TPSA) is 69.9 Å². The summed E-state index contributed by atoms with van der Waals surface area (Å²) < 4.78 is 22.8. The molecule has 0 saturated heterocycles. The van der Waals surface area contributed by atoms with E-state index in [2.05, 4.69) is 11.4 Å². The second-order valence-corrected chi connectivity index (χ2v) is 8.87. The molecule has 4 rings (SSSR count). The van der Waals surface area contributed by atoms with Gasteiger partial charge in [-0.15, -0.1) is 0 Å². The Balaban J connectivity index is 1.81. The summed E-state index contributed by atoms with van der Waals surface area (Å²) in [7, 11) is 4.88. The highest BCUT2D eigenvalue weighted by atomic mass is 16.5. The van der Waals surface area contributed by atoms with Crippen LogP contribution in [0.15, 0.2) is 59.2 Å². The Kier molecular flexibility index (Phi) is 7.06.